The van der Waals surface area contributed by atoms with Crippen molar-refractivity contribution in [2.75, 3.05) is 0 Å². The van der Waals surface area contributed by atoms with E-state index in [2.05, 4.69) is 0 Å². The standard InChI is InChI=1S/C11H6O3/c12-11-10-8(5-6-13-10)7-3-1-2-4-9(7)14-11/h1-6H. The molecule has 0 unspecified atom stereocenters. The molecule has 0 spiro atoms. The van der Waals surface area contributed by atoms with Crippen LogP contribution in [-0.4, -0.2) is 0 Å². The van der Waals surface area contributed by atoms with E-state index < -0.39 is 5.63 Å². The lowest BCUT2D eigenvalue weighted by Gasteiger charge is -1.95. The van der Waals surface area contributed by atoms with Crippen LogP contribution in [0.25, 0.3) is 21.9 Å². The van der Waals surface area contributed by atoms with E-state index >= 15 is 0 Å². The second-order valence-corrected chi connectivity index (χ2v) is 3.05. The fraction of sp³-hybridized carbons (Fsp3) is 0. The molecule has 0 saturated heterocycles. The van der Waals surface area contributed by atoms with Crippen molar-refractivity contribution < 1.29 is 8.83 Å². The molecule has 0 bridgehead atoms. The Morgan fingerprint density at radius 3 is 2.79 bits per heavy atom. The minimum Gasteiger partial charge on any atom is -0.457 e. The summed E-state index contributed by atoms with van der Waals surface area (Å²) in [6.07, 6.45) is 1.49. The average molecular weight is 186 g/mol. The van der Waals surface area contributed by atoms with Crippen molar-refractivity contribution in [3.63, 3.8) is 0 Å². The molecule has 3 nitrogen and oxygen atoms in total. The lowest BCUT2D eigenvalue weighted by molar-refractivity contribution is 0.533. The van der Waals surface area contributed by atoms with Crippen LogP contribution in [0, 0.1) is 0 Å². The van der Waals surface area contributed by atoms with E-state index in [1.165, 1.54) is 6.26 Å². The Bertz CT molecular complexity index is 661. The summed E-state index contributed by atoms with van der Waals surface area (Å²) in [5.41, 5.74) is 0.443. The van der Waals surface area contributed by atoms with Crippen LogP contribution in [0.5, 0.6) is 0 Å². The highest BCUT2D eigenvalue weighted by atomic mass is 16.4. The third kappa shape index (κ3) is 0.836. The highest BCUT2D eigenvalue weighted by Crippen LogP contribution is 2.22. The predicted octanol–water partition coefficient (Wildman–Crippen LogP) is 2.54. The number of fused-ring (bicyclic) bond motifs is 3. The Morgan fingerprint density at radius 1 is 1.00 bits per heavy atom. The Balaban J connectivity index is 2.73. The van der Waals surface area contributed by atoms with E-state index in [1.807, 2.05) is 18.2 Å². The maximum Gasteiger partial charge on any atom is 0.380 e. The summed E-state index contributed by atoms with van der Waals surface area (Å²) in [5, 5.41) is 1.70. The molecule has 0 amide bonds. The summed E-state index contributed by atoms with van der Waals surface area (Å²) in [6, 6.07) is 9.17. The van der Waals surface area contributed by atoms with Gasteiger partial charge in [0, 0.05) is 10.8 Å². The zero-order valence-corrected chi connectivity index (χ0v) is 7.19. The number of furan rings is 1. The van der Waals surface area contributed by atoms with E-state index in [1.54, 1.807) is 12.1 Å². The SMILES string of the molecule is O=c1oc2ccccc2c2ccoc12. The van der Waals surface area contributed by atoms with Crippen molar-refractivity contribution in [1.82, 2.24) is 0 Å². The van der Waals surface area contributed by atoms with Crippen molar-refractivity contribution in [2.45, 2.75) is 0 Å². The maximum atomic E-state index is 11.4. The Labute approximate surface area is 78.6 Å². The lowest BCUT2D eigenvalue weighted by atomic mass is 10.2. The van der Waals surface area contributed by atoms with Gasteiger partial charge in [0.1, 0.15) is 5.58 Å². The highest BCUT2D eigenvalue weighted by molar-refractivity contribution is 6.02. The number of para-hydroxylation sites is 1. The molecule has 2 heterocycles. The molecule has 3 aromatic rings. The molecule has 3 rings (SSSR count). The number of hydrogen-bond donors (Lipinski definition) is 0. The highest BCUT2D eigenvalue weighted by Gasteiger charge is 2.08. The molecule has 0 aliphatic carbocycles. The van der Waals surface area contributed by atoms with Gasteiger partial charge >= 0.3 is 5.63 Å². The van der Waals surface area contributed by atoms with Crippen molar-refractivity contribution in [1.29, 1.82) is 0 Å². The minimum absolute atomic E-state index is 0.281. The number of rotatable bonds is 0. The zero-order valence-electron chi connectivity index (χ0n) is 7.19. The van der Waals surface area contributed by atoms with Crippen molar-refractivity contribution in [2.24, 2.45) is 0 Å². The van der Waals surface area contributed by atoms with Gasteiger partial charge in [0.2, 0.25) is 5.58 Å². The summed E-state index contributed by atoms with van der Waals surface area (Å²) < 4.78 is 10.1. The molecule has 1 aromatic carbocycles. The fourth-order valence-electron chi connectivity index (χ4n) is 1.60. The van der Waals surface area contributed by atoms with Crippen LogP contribution in [0.2, 0.25) is 0 Å². The third-order valence-corrected chi connectivity index (χ3v) is 2.23. The molecule has 0 atom stereocenters. The lowest BCUT2D eigenvalue weighted by Crippen LogP contribution is -1.96. The van der Waals surface area contributed by atoms with E-state index in [-0.39, 0.29) is 5.58 Å². The summed E-state index contributed by atoms with van der Waals surface area (Å²) in [5.74, 6) is 0. The quantitative estimate of drug-likeness (QED) is 0.506. The van der Waals surface area contributed by atoms with Gasteiger partial charge in [-0.05, 0) is 12.1 Å². The average Bonchev–Trinajstić information content (AvgIpc) is 2.67. The smallest absolute Gasteiger partial charge is 0.380 e. The van der Waals surface area contributed by atoms with Crippen LogP contribution in [0.15, 0.2) is 50.2 Å². The molecule has 3 heteroatoms. The van der Waals surface area contributed by atoms with Gasteiger partial charge in [-0.2, -0.15) is 0 Å². The molecule has 0 aliphatic rings. The topological polar surface area (TPSA) is 43.4 Å². The normalized spacial score (nSPS) is 11.1. The first kappa shape index (κ1) is 7.38. The first-order valence-corrected chi connectivity index (χ1v) is 4.25. The number of hydrogen-bond acceptors (Lipinski definition) is 3. The summed E-state index contributed by atoms with van der Waals surface area (Å²) in [7, 11) is 0. The van der Waals surface area contributed by atoms with Crippen LogP contribution in [-0.2, 0) is 0 Å². The molecule has 0 aliphatic heterocycles. The van der Waals surface area contributed by atoms with Crippen LogP contribution >= 0.6 is 0 Å². The van der Waals surface area contributed by atoms with E-state index in [0.717, 1.165) is 10.8 Å². The van der Waals surface area contributed by atoms with Crippen LogP contribution in [0.1, 0.15) is 0 Å². The molecule has 68 valence electrons. The monoisotopic (exact) mass is 186 g/mol. The van der Waals surface area contributed by atoms with Gasteiger partial charge in [0.05, 0.1) is 6.26 Å². The summed E-state index contributed by atoms with van der Waals surface area (Å²) in [6.45, 7) is 0. The van der Waals surface area contributed by atoms with Crippen LogP contribution in [0.3, 0.4) is 0 Å². The fourth-order valence-corrected chi connectivity index (χ4v) is 1.60. The van der Waals surface area contributed by atoms with Gasteiger partial charge in [-0.15, -0.1) is 0 Å². The Kier molecular flexibility index (Phi) is 1.31. The van der Waals surface area contributed by atoms with Gasteiger partial charge in [-0.3, -0.25) is 0 Å². The van der Waals surface area contributed by atoms with Crippen LogP contribution < -0.4 is 5.63 Å². The van der Waals surface area contributed by atoms with Gasteiger partial charge in [-0.1, -0.05) is 18.2 Å². The zero-order chi connectivity index (χ0) is 9.54. The molecule has 0 radical (unpaired) electrons. The van der Waals surface area contributed by atoms with Gasteiger partial charge in [0.15, 0.2) is 0 Å². The predicted molar refractivity (Wildman–Crippen MR) is 52.3 cm³/mol. The number of benzene rings is 1. The van der Waals surface area contributed by atoms with Crippen molar-refractivity contribution in [3.8, 4) is 0 Å². The van der Waals surface area contributed by atoms with E-state index in [0.29, 0.717) is 5.58 Å². The van der Waals surface area contributed by atoms with E-state index in [4.69, 9.17) is 8.83 Å². The second kappa shape index (κ2) is 2.48. The minimum atomic E-state index is -0.427. The first-order valence-electron chi connectivity index (χ1n) is 4.25. The molecule has 2 aromatic heterocycles. The van der Waals surface area contributed by atoms with Crippen LogP contribution in [0.4, 0.5) is 0 Å². The molecular formula is C11H6O3. The van der Waals surface area contributed by atoms with Gasteiger partial charge in [0.25, 0.3) is 0 Å². The molecular weight excluding hydrogens is 180 g/mol. The largest absolute Gasteiger partial charge is 0.457 e. The molecule has 14 heavy (non-hydrogen) atoms. The molecule has 0 fully saturated rings. The molecule has 0 N–H and O–H groups in total. The van der Waals surface area contributed by atoms with Gasteiger partial charge in [-0.25, -0.2) is 4.79 Å². The van der Waals surface area contributed by atoms with E-state index in [9.17, 15) is 4.79 Å². The Morgan fingerprint density at radius 2 is 1.86 bits per heavy atom. The first-order chi connectivity index (χ1) is 6.86. The Hall–Kier alpha value is -2.03. The summed E-state index contributed by atoms with van der Waals surface area (Å²) >= 11 is 0. The second-order valence-electron chi connectivity index (χ2n) is 3.05. The summed E-state index contributed by atoms with van der Waals surface area (Å²) in [4.78, 5) is 11.4. The molecule has 0 saturated carbocycles. The van der Waals surface area contributed by atoms with Crippen molar-refractivity contribution in [3.05, 3.63) is 47.0 Å². The van der Waals surface area contributed by atoms with Crippen molar-refractivity contribution >= 4 is 21.9 Å². The maximum absolute atomic E-state index is 11.4. The third-order valence-electron chi connectivity index (χ3n) is 2.23. The van der Waals surface area contributed by atoms with Gasteiger partial charge < -0.3 is 8.83 Å².